The number of anilines is 1. The first kappa shape index (κ1) is 13.8. The fourth-order valence-electron chi connectivity index (χ4n) is 2.05. The van der Waals surface area contributed by atoms with Crippen molar-refractivity contribution in [3.05, 3.63) is 46.8 Å². The fourth-order valence-corrected chi connectivity index (χ4v) is 2.54. The number of nitrogens with one attached hydrogen (secondary N) is 1. The minimum Gasteiger partial charge on any atom is -0.503 e. The molecule has 0 bridgehead atoms. The normalized spacial score (nSPS) is 10.8. The number of hydrogen-bond donors (Lipinski definition) is 2. The Morgan fingerprint density at radius 3 is 3.00 bits per heavy atom. The minimum atomic E-state index is 0.101. The van der Waals surface area contributed by atoms with Gasteiger partial charge in [-0.1, -0.05) is 0 Å². The number of aromatic nitrogens is 1. The number of phenols is 1. The van der Waals surface area contributed by atoms with Gasteiger partial charge in [-0.2, -0.15) is 0 Å². The summed E-state index contributed by atoms with van der Waals surface area (Å²) in [6.07, 6.45) is 1.43. The van der Waals surface area contributed by atoms with Crippen LogP contribution < -0.4 is 10.1 Å². The molecule has 108 valence electrons. The number of oxazole rings is 1. The summed E-state index contributed by atoms with van der Waals surface area (Å²) in [5, 5.41) is 13.1. The van der Waals surface area contributed by atoms with Crippen molar-refractivity contribution in [1.82, 2.24) is 4.98 Å². The summed E-state index contributed by atoms with van der Waals surface area (Å²) in [6, 6.07) is 9.37. The van der Waals surface area contributed by atoms with Crippen molar-refractivity contribution >= 4 is 32.7 Å². The van der Waals surface area contributed by atoms with E-state index in [4.69, 9.17) is 9.15 Å². The molecule has 6 heteroatoms. The Bertz CT molecular complexity index is 786. The predicted molar refractivity (Wildman–Crippen MR) is 83.7 cm³/mol. The lowest BCUT2D eigenvalue weighted by molar-refractivity contribution is 0.371. The van der Waals surface area contributed by atoms with Gasteiger partial charge in [-0.3, -0.25) is 0 Å². The highest BCUT2D eigenvalue weighted by Crippen LogP contribution is 2.35. The van der Waals surface area contributed by atoms with Gasteiger partial charge >= 0.3 is 0 Å². The summed E-state index contributed by atoms with van der Waals surface area (Å²) in [4.78, 5) is 4.08. The van der Waals surface area contributed by atoms with Crippen molar-refractivity contribution in [2.75, 3.05) is 12.4 Å². The minimum absolute atomic E-state index is 0.101. The molecule has 0 spiro atoms. The smallest absolute Gasteiger partial charge is 0.181 e. The molecule has 1 heterocycles. The second-order valence-corrected chi connectivity index (χ2v) is 5.37. The molecule has 0 aliphatic carbocycles. The fraction of sp³-hybridized carbons (Fsp3) is 0.133. The molecule has 0 radical (unpaired) electrons. The third-order valence-corrected chi connectivity index (χ3v) is 3.74. The van der Waals surface area contributed by atoms with E-state index < -0.39 is 0 Å². The molecular weight excluding hydrogens is 336 g/mol. The summed E-state index contributed by atoms with van der Waals surface area (Å²) in [7, 11) is 1.52. The molecule has 0 saturated carbocycles. The molecule has 2 N–H and O–H groups in total. The highest BCUT2D eigenvalue weighted by atomic mass is 79.9. The van der Waals surface area contributed by atoms with E-state index in [1.165, 1.54) is 13.5 Å². The third kappa shape index (κ3) is 2.80. The van der Waals surface area contributed by atoms with Crippen LogP contribution in [0.4, 0.5) is 5.69 Å². The van der Waals surface area contributed by atoms with Gasteiger partial charge in [0.25, 0.3) is 0 Å². The first-order valence-electron chi connectivity index (χ1n) is 6.30. The predicted octanol–water partition coefficient (Wildman–Crippen LogP) is 3.92. The zero-order valence-electron chi connectivity index (χ0n) is 11.3. The number of methoxy groups -OCH3 is 1. The largest absolute Gasteiger partial charge is 0.503 e. The molecule has 0 atom stereocenters. The molecule has 1 aromatic heterocycles. The van der Waals surface area contributed by atoms with Crippen molar-refractivity contribution in [3.63, 3.8) is 0 Å². The number of nitrogens with zero attached hydrogens (tertiary/aromatic N) is 1. The van der Waals surface area contributed by atoms with Crippen LogP contribution in [0.3, 0.4) is 0 Å². The SMILES string of the molecule is COc1cc(CNc2ccc3ncoc3c2)cc(Br)c1O. The third-order valence-electron chi connectivity index (χ3n) is 3.14. The van der Waals surface area contributed by atoms with E-state index in [1.54, 1.807) is 6.07 Å². The topological polar surface area (TPSA) is 67.5 Å². The summed E-state index contributed by atoms with van der Waals surface area (Å²) in [5.41, 5.74) is 3.48. The van der Waals surface area contributed by atoms with Crippen LogP contribution in [0.15, 0.2) is 45.6 Å². The molecule has 0 unspecified atom stereocenters. The van der Waals surface area contributed by atoms with Crippen LogP contribution in [0.1, 0.15) is 5.56 Å². The van der Waals surface area contributed by atoms with E-state index in [0.717, 1.165) is 22.4 Å². The number of hydrogen-bond acceptors (Lipinski definition) is 5. The second kappa shape index (κ2) is 5.65. The standard InChI is InChI=1S/C15H13BrN2O3/c1-20-14-5-9(4-11(16)15(14)19)7-17-10-2-3-12-13(6-10)21-8-18-12/h2-6,8,17,19H,7H2,1H3. The van der Waals surface area contributed by atoms with Gasteiger partial charge in [0.2, 0.25) is 0 Å². The summed E-state index contributed by atoms with van der Waals surface area (Å²) in [6.45, 7) is 0.592. The highest BCUT2D eigenvalue weighted by molar-refractivity contribution is 9.10. The Kier molecular flexibility index (Phi) is 3.70. The molecular formula is C15H13BrN2O3. The molecule has 0 fully saturated rings. The maximum atomic E-state index is 9.79. The Morgan fingerprint density at radius 2 is 2.19 bits per heavy atom. The number of aromatic hydroxyl groups is 1. The van der Waals surface area contributed by atoms with E-state index in [-0.39, 0.29) is 5.75 Å². The van der Waals surface area contributed by atoms with E-state index in [9.17, 15) is 5.11 Å². The summed E-state index contributed by atoms with van der Waals surface area (Å²) < 4.78 is 11.0. The first-order chi connectivity index (χ1) is 10.2. The number of halogens is 1. The van der Waals surface area contributed by atoms with Crippen LogP contribution in [-0.4, -0.2) is 17.2 Å². The van der Waals surface area contributed by atoms with Crippen molar-refractivity contribution in [2.24, 2.45) is 0 Å². The van der Waals surface area contributed by atoms with Crippen LogP contribution in [0.5, 0.6) is 11.5 Å². The zero-order valence-corrected chi connectivity index (χ0v) is 12.8. The number of ether oxygens (including phenoxy) is 1. The molecule has 2 aromatic carbocycles. The van der Waals surface area contributed by atoms with Gasteiger partial charge in [0, 0.05) is 18.3 Å². The average Bonchev–Trinajstić information content (AvgIpc) is 2.95. The van der Waals surface area contributed by atoms with Gasteiger partial charge < -0.3 is 19.6 Å². The van der Waals surface area contributed by atoms with E-state index in [1.807, 2.05) is 24.3 Å². The van der Waals surface area contributed by atoms with E-state index in [0.29, 0.717) is 16.8 Å². The Hall–Kier alpha value is -2.21. The number of fused-ring (bicyclic) bond motifs is 1. The maximum absolute atomic E-state index is 9.79. The maximum Gasteiger partial charge on any atom is 0.181 e. The lowest BCUT2D eigenvalue weighted by Crippen LogP contribution is -2.00. The monoisotopic (exact) mass is 348 g/mol. The molecule has 21 heavy (non-hydrogen) atoms. The molecule has 0 aliphatic rings. The Morgan fingerprint density at radius 1 is 1.33 bits per heavy atom. The van der Waals surface area contributed by atoms with Gasteiger partial charge in [0.15, 0.2) is 23.5 Å². The van der Waals surface area contributed by atoms with Crippen LogP contribution in [0, 0.1) is 0 Å². The quantitative estimate of drug-likeness (QED) is 0.747. The second-order valence-electron chi connectivity index (χ2n) is 4.52. The van der Waals surface area contributed by atoms with Crippen LogP contribution >= 0.6 is 15.9 Å². The van der Waals surface area contributed by atoms with Gasteiger partial charge in [-0.05, 0) is 45.8 Å². The molecule has 3 aromatic rings. The van der Waals surface area contributed by atoms with E-state index >= 15 is 0 Å². The molecule has 0 amide bonds. The van der Waals surface area contributed by atoms with Crippen LogP contribution in [0.2, 0.25) is 0 Å². The Labute approximate surface area is 129 Å². The highest BCUT2D eigenvalue weighted by Gasteiger charge is 2.08. The van der Waals surface area contributed by atoms with Crippen molar-refractivity contribution < 1.29 is 14.3 Å². The lowest BCUT2D eigenvalue weighted by atomic mass is 10.2. The summed E-state index contributed by atoms with van der Waals surface area (Å²) in [5.74, 6) is 0.538. The average molecular weight is 349 g/mol. The van der Waals surface area contributed by atoms with Gasteiger partial charge in [0.05, 0.1) is 11.6 Å². The molecule has 0 saturated heterocycles. The number of phenolic OH excluding ortho intramolecular Hbond substituents is 1. The zero-order chi connectivity index (χ0) is 14.8. The van der Waals surface area contributed by atoms with Crippen molar-refractivity contribution in [3.8, 4) is 11.5 Å². The van der Waals surface area contributed by atoms with Gasteiger partial charge in [-0.25, -0.2) is 4.98 Å². The molecule has 5 nitrogen and oxygen atoms in total. The van der Waals surface area contributed by atoms with Crippen molar-refractivity contribution in [2.45, 2.75) is 6.54 Å². The van der Waals surface area contributed by atoms with Crippen LogP contribution in [0.25, 0.3) is 11.1 Å². The van der Waals surface area contributed by atoms with Crippen LogP contribution in [-0.2, 0) is 6.54 Å². The lowest BCUT2D eigenvalue weighted by Gasteiger charge is -2.10. The van der Waals surface area contributed by atoms with Gasteiger partial charge in [-0.15, -0.1) is 0 Å². The van der Waals surface area contributed by atoms with Gasteiger partial charge in [0.1, 0.15) is 5.52 Å². The molecule has 0 aliphatic heterocycles. The number of benzene rings is 2. The number of rotatable bonds is 4. The summed E-state index contributed by atoms with van der Waals surface area (Å²) >= 11 is 3.31. The first-order valence-corrected chi connectivity index (χ1v) is 7.09. The molecule has 3 rings (SSSR count). The Balaban J connectivity index is 1.79. The van der Waals surface area contributed by atoms with E-state index in [2.05, 4.69) is 26.2 Å². The van der Waals surface area contributed by atoms with Crippen molar-refractivity contribution in [1.29, 1.82) is 0 Å².